The number of likely N-dealkylation sites (N-methyl/N-ethyl adjacent to an activating group) is 1. The number of benzene rings is 1. The molecule has 0 radical (unpaired) electrons. The molecule has 190 valence electrons. The van der Waals surface area contributed by atoms with Crippen molar-refractivity contribution < 1.29 is 19.1 Å². The highest BCUT2D eigenvalue weighted by Gasteiger charge is 2.46. The van der Waals surface area contributed by atoms with Crippen molar-refractivity contribution in [1.82, 2.24) is 5.32 Å². The molecule has 1 N–H and O–H groups in total. The molecule has 2 aliphatic rings. The molecule has 0 saturated heterocycles. The van der Waals surface area contributed by atoms with Crippen molar-refractivity contribution in [3.8, 4) is 5.75 Å². The lowest BCUT2D eigenvalue weighted by atomic mass is 9.72. The molecule has 1 aliphatic carbocycles. The topological polar surface area (TPSA) is 64.6 Å². The monoisotopic (exact) mass is 479 g/mol. The van der Waals surface area contributed by atoms with Crippen LogP contribution in [0.25, 0.3) is 0 Å². The number of allylic oxidation sites excluding steroid dienone is 2. The molecule has 0 spiro atoms. The fourth-order valence-electron chi connectivity index (χ4n) is 4.97. The van der Waals surface area contributed by atoms with Gasteiger partial charge in [0, 0.05) is 23.5 Å². The smallest absolute Gasteiger partial charge is 0.246 e. The summed E-state index contributed by atoms with van der Waals surface area (Å²) in [4.78, 5) is 24.7. The van der Waals surface area contributed by atoms with Crippen LogP contribution >= 0.6 is 0 Å². The molecule has 2 atom stereocenters. The number of hydrogen-bond donors (Lipinski definition) is 1. The second kappa shape index (κ2) is 10.0. The van der Waals surface area contributed by atoms with E-state index in [1.54, 1.807) is 7.05 Å². The zero-order valence-electron chi connectivity index (χ0n) is 22.6. The second-order valence-corrected chi connectivity index (χ2v) is 11.0. The van der Waals surface area contributed by atoms with E-state index in [4.69, 9.17) is 9.47 Å². The van der Waals surface area contributed by atoms with Crippen LogP contribution in [0.1, 0.15) is 71.9 Å². The molecular formula is C30H41NO4. The van der Waals surface area contributed by atoms with Crippen LogP contribution in [0.15, 0.2) is 53.8 Å². The maximum Gasteiger partial charge on any atom is 0.246 e. The predicted molar refractivity (Wildman–Crippen MR) is 140 cm³/mol. The normalized spacial score (nSPS) is 21.9. The lowest BCUT2D eigenvalue weighted by Crippen LogP contribution is -2.29. The highest BCUT2D eigenvalue weighted by Crippen LogP contribution is 2.50. The summed E-state index contributed by atoms with van der Waals surface area (Å²) in [5.74, 6) is 1.70. The van der Waals surface area contributed by atoms with E-state index in [2.05, 4.69) is 56.4 Å². The first-order valence-electron chi connectivity index (χ1n) is 12.7. The molecule has 5 heteroatoms. The largest absolute Gasteiger partial charge is 0.489 e. The molecule has 35 heavy (non-hydrogen) atoms. The zero-order valence-corrected chi connectivity index (χ0v) is 22.6. The van der Waals surface area contributed by atoms with Crippen molar-refractivity contribution in [1.29, 1.82) is 0 Å². The zero-order chi connectivity index (χ0) is 26.0. The molecule has 2 unspecified atom stereocenters. The van der Waals surface area contributed by atoms with Gasteiger partial charge in [0.1, 0.15) is 24.2 Å². The lowest BCUT2D eigenvalue weighted by Gasteiger charge is -2.34. The summed E-state index contributed by atoms with van der Waals surface area (Å²) in [5.41, 5.74) is 1.80. The van der Waals surface area contributed by atoms with Crippen LogP contribution in [0, 0.1) is 17.8 Å². The highest BCUT2D eigenvalue weighted by atomic mass is 16.5. The van der Waals surface area contributed by atoms with Gasteiger partial charge >= 0.3 is 0 Å². The van der Waals surface area contributed by atoms with E-state index in [9.17, 15) is 9.59 Å². The van der Waals surface area contributed by atoms with Crippen molar-refractivity contribution in [2.45, 2.75) is 79.2 Å². The van der Waals surface area contributed by atoms with E-state index >= 15 is 0 Å². The first-order valence-corrected chi connectivity index (χ1v) is 12.7. The van der Waals surface area contributed by atoms with Gasteiger partial charge in [-0.1, -0.05) is 58.9 Å². The molecule has 0 fully saturated rings. The van der Waals surface area contributed by atoms with Crippen LogP contribution in [0.4, 0.5) is 0 Å². The molecule has 1 aromatic carbocycles. The van der Waals surface area contributed by atoms with Crippen molar-refractivity contribution >= 4 is 11.7 Å². The second-order valence-electron chi connectivity index (χ2n) is 11.0. The van der Waals surface area contributed by atoms with Crippen molar-refractivity contribution in [3.63, 3.8) is 0 Å². The Hall–Kier alpha value is -2.82. The number of fused-ring (bicyclic) bond motifs is 1. The van der Waals surface area contributed by atoms with E-state index in [0.717, 1.165) is 35.5 Å². The van der Waals surface area contributed by atoms with Gasteiger partial charge in [-0.05, 0) is 62.5 Å². The molecule has 1 aromatic rings. The molecule has 0 aromatic heterocycles. The SMILES string of the molecule is CCC(CC)(C1=CC2(C)C=C(C(=O)NC)CC=CC2O1)c1ccc(OCC(=O)C(C)(C)C)c(C)c1. The third-order valence-corrected chi connectivity index (χ3v) is 7.56. The first-order chi connectivity index (χ1) is 16.4. The van der Waals surface area contributed by atoms with Crippen LogP contribution in [0.3, 0.4) is 0 Å². The van der Waals surface area contributed by atoms with Crippen molar-refractivity contribution in [3.05, 3.63) is 65.0 Å². The Labute approximate surface area is 210 Å². The molecule has 1 aliphatic heterocycles. The lowest BCUT2D eigenvalue weighted by molar-refractivity contribution is -0.128. The Morgan fingerprint density at radius 3 is 2.43 bits per heavy atom. The molecule has 1 amide bonds. The number of aryl methyl sites for hydroxylation is 1. The van der Waals surface area contributed by atoms with Gasteiger partial charge in [0.2, 0.25) is 5.91 Å². The van der Waals surface area contributed by atoms with E-state index < -0.39 is 10.8 Å². The number of amides is 1. The van der Waals surface area contributed by atoms with Crippen molar-refractivity contribution in [2.24, 2.45) is 10.8 Å². The van der Waals surface area contributed by atoms with Crippen LogP contribution in [-0.4, -0.2) is 31.4 Å². The van der Waals surface area contributed by atoms with E-state index in [0.29, 0.717) is 6.42 Å². The van der Waals surface area contributed by atoms with Gasteiger partial charge in [0.15, 0.2) is 5.78 Å². The van der Waals surface area contributed by atoms with E-state index in [1.807, 2.05) is 39.8 Å². The number of ketones is 1. The fraction of sp³-hybridized carbons (Fsp3) is 0.533. The average Bonchev–Trinajstić information content (AvgIpc) is 3.04. The Balaban J connectivity index is 1.95. The average molecular weight is 480 g/mol. The van der Waals surface area contributed by atoms with Gasteiger partial charge in [-0.3, -0.25) is 9.59 Å². The van der Waals surface area contributed by atoms with Gasteiger partial charge < -0.3 is 14.8 Å². The van der Waals surface area contributed by atoms with Gasteiger partial charge in [0.25, 0.3) is 0 Å². The number of rotatable bonds is 8. The molecule has 0 saturated carbocycles. The standard InChI is InChI=1S/C30H41NO4/c1-9-30(10-2,22-14-15-23(20(3)16-22)34-19-24(32)28(4,5)6)26-18-29(7)17-21(27(33)31-8)12-11-13-25(29)35-26/h11,13-18,25H,9-10,12,19H2,1-8H3,(H,31,33). The number of Topliss-reactive ketones (excluding diaryl/α,β-unsaturated/α-hetero) is 1. The highest BCUT2D eigenvalue weighted by molar-refractivity contribution is 5.93. The van der Waals surface area contributed by atoms with Crippen LogP contribution in [0.5, 0.6) is 5.75 Å². The molecular weight excluding hydrogens is 438 g/mol. The minimum Gasteiger partial charge on any atom is -0.489 e. The summed E-state index contributed by atoms with van der Waals surface area (Å²) in [6.45, 7) is 14.3. The summed E-state index contributed by atoms with van der Waals surface area (Å²) < 4.78 is 12.5. The predicted octanol–water partition coefficient (Wildman–Crippen LogP) is 5.97. The Morgan fingerprint density at radius 2 is 1.86 bits per heavy atom. The molecule has 0 bridgehead atoms. The number of carbonyl (C=O) groups excluding carboxylic acids is 2. The molecule has 1 heterocycles. The van der Waals surface area contributed by atoms with Gasteiger partial charge in [0.05, 0.1) is 5.41 Å². The van der Waals surface area contributed by atoms with Crippen LogP contribution in [-0.2, 0) is 19.7 Å². The third-order valence-electron chi connectivity index (χ3n) is 7.56. The van der Waals surface area contributed by atoms with E-state index in [-0.39, 0.29) is 29.8 Å². The van der Waals surface area contributed by atoms with Crippen molar-refractivity contribution in [2.75, 3.05) is 13.7 Å². The van der Waals surface area contributed by atoms with Crippen LogP contribution < -0.4 is 10.1 Å². The van der Waals surface area contributed by atoms with Crippen LogP contribution in [0.2, 0.25) is 0 Å². The van der Waals surface area contributed by atoms with Gasteiger partial charge in [-0.25, -0.2) is 0 Å². The number of nitrogens with one attached hydrogen (secondary N) is 1. The Kier molecular flexibility index (Phi) is 7.68. The number of ether oxygens (including phenoxy) is 2. The van der Waals surface area contributed by atoms with E-state index in [1.165, 1.54) is 5.56 Å². The number of hydrogen-bond acceptors (Lipinski definition) is 4. The summed E-state index contributed by atoms with van der Waals surface area (Å²) in [5, 5.41) is 2.75. The maximum absolute atomic E-state index is 12.4. The summed E-state index contributed by atoms with van der Waals surface area (Å²) in [6.07, 6.45) is 10.6. The fourth-order valence-corrected chi connectivity index (χ4v) is 4.97. The minimum atomic E-state index is -0.425. The van der Waals surface area contributed by atoms with Gasteiger partial charge in [-0.2, -0.15) is 0 Å². The quantitative estimate of drug-likeness (QED) is 0.467. The number of carbonyl (C=O) groups is 2. The molecule has 3 rings (SSSR count). The summed E-state index contributed by atoms with van der Waals surface area (Å²) >= 11 is 0. The maximum atomic E-state index is 12.4. The summed E-state index contributed by atoms with van der Waals surface area (Å²) in [6, 6.07) is 6.23. The third kappa shape index (κ3) is 5.24. The molecule has 5 nitrogen and oxygen atoms in total. The summed E-state index contributed by atoms with van der Waals surface area (Å²) in [7, 11) is 1.66. The Morgan fingerprint density at radius 1 is 1.17 bits per heavy atom. The minimum absolute atomic E-state index is 0.0493. The Bertz CT molecular complexity index is 1070. The van der Waals surface area contributed by atoms with Gasteiger partial charge in [-0.15, -0.1) is 0 Å². The first kappa shape index (κ1) is 26.8.